The van der Waals surface area contributed by atoms with E-state index >= 15 is 0 Å². The molecular weight excluding hydrogens is 256 g/mol. The number of carbonyl (C=O) groups is 1. The van der Waals surface area contributed by atoms with Crippen LogP contribution in [0.3, 0.4) is 0 Å². The van der Waals surface area contributed by atoms with Crippen LogP contribution in [0.5, 0.6) is 0 Å². The standard InChI is InChI=1S/C17H21ClO/c1-17(2)13-6-3-12(9-13)15(17)10-16(19)11-4-7-14(18)8-5-11/h4-5,7-8,12-13,15H,3,6,9-10H2,1-2H3/t12-,13+,15+/m1/s1. The van der Waals surface area contributed by atoms with Crippen LogP contribution in [-0.4, -0.2) is 5.78 Å². The van der Waals surface area contributed by atoms with Crippen molar-refractivity contribution in [3.63, 3.8) is 0 Å². The summed E-state index contributed by atoms with van der Waals surface area (Å²) in [5, 5.41) is 0.691. The zero-order valence-electron chi connectivity index (χ0n) is 11.7. The Kier molecular flexibility index (Phi) is 3.21. The number of fused-ring (bicyclic) bond motifs is 2. The number of benzene rings is 1. The van der Waals surface area contributed by atoms with Crippen molar-refractivity contribution in [3.05, 3.63) is 34.9 Å². The molecule has 0 radical (unpaired) electrons. The largest absolute Gasteiger partial charge is 0.294 e. The number of Topliss-reactive ketones (excluding diaryl/α,β-unsaturated/α-hetero) is 1. The Bertz CT molecular complexity index is 488. The first kappa shape index (κ1) is 13.2. The second-order valence-corrected chi connectivity index (χ2v) is 7.27. The second-order valence-electron chi connectivity index (χ2n) is 6.83. The predicted octanol–water partition coefficient (Wildman–Crippen LogP) is 4.99. The molecule has 1 nitrogen and oxygen atoms in total. The summed E-state index contributed by atoms with van der Waals surface area (Å²) < 4.78 is 0. The lowest BCUT2D eigenvalue weighted by Crippen LogP contribution is -2.32. The first-order valence-electron chi connectivity index (χ1n) is 7.27. The van der Waals surface area contributed by atoms with Crippen LogP contribution in [0.25, 0.3) is 0 Å². The van der Waals surface area contributed by atoms with Crippen molar-refractivity contribution in [1.82, 2.24) is 0 Å². The summed E-state index contributed by atoms with van der Waals surface area (Å²) in [5.74, 6) is 2.45. The van der Waals surface area contributed by atoms with Gasteiger partial charge in [0.2, 0.25) is 0 Å². The molecule has 1 aromatic rings. The average Bonchev–Trinajstić information content (AvgIpc) is 2.92. The van der Waals surface area contributed by atoms with Crippen LogP contribution in [0, 0.1) is 23.2 Å². The van der Waals surface area contributed by atoms with E-state index in [9.17, 15) is 4.79 Å². The van der Waals surface area contributed by atoms with Crippen LogP contribution in [0.2, 0.25) is 5.02 Å². The topological polar surface area (TPSA) is 17.1 Å². The van der Waals surface area contributed by atoms with E-state index in [4.69, 9.17) is 11.6 Å². The molecule has 0 aliphatic heterocycles. The SMILES string of the molecule is CC1(C)[C@H]2CC[C@H](C2)[C@@H]1CC(=O)c1ccc(Cl)cc1. The Hall–Kier alpha value is -0.820. The molecule has 0 spiro atoms. The highest BCUT2D eigenvalue weighted by Gasteiger charge is 2.52. The third-order valence-corrected chi connectivity index (χ3v) is 5.87. The summed E-state index contributed by atoms with van der Waals surface area (Å²) in [6.45, 7) is 4.72. The molecule has 2 saturated carbocycles. The predicted molar refractivity (Wildman–Crippen MR) is 78.5 cm³/mol. The second kappa shape index (κ2) is 4.63. The lowest BCUT2D eigenvalue weighted by molar-refractivity contribution is 0.0794. The monoisotopic (exact) mass is 276 g/mol. The molecule has 0 saturated heterocycles. The molecule has 2 fully saturated rings. The van der Waals surface area contributed by atoms with Gasteiger partial charge in [-0.3, -0.25) is 4.79 Å². The summed E-state index contributed by atoms with van der Waals surface area (Å²) in [7, 11) is 0. The van der Waals surface area contributed by atoms with Gasteiger partial charge in [-0.25, -0.2) is 0 Å². The maximum atomic E-state index is 12.4. The molecule has 19 heavy (non-hydrogen) atoms. The normalized spacial score (nSPS) is 31.6. The fourth-order valence-electron chi connectivity index (χ4n) is 4.35. The smallest absolute Gasteiger partial charge is 0.163 e. The summed E-state index contributed by atoms with van der Waals surface area (Å²) in [4.78, 5) is 12.4. The summed E-state index contributed by atoms with van der Waals surface area (Å²) >= 11 is 5.87. The summed E-state index contributed by atoms with van der Waals surface area (Å²) in [6.07, 6.45) is 4.73. The number of carbonyl (C=O) groups excluding carboxylic acids is 1. The molecule has 1 aromatic carbocycles. The minimum absolute atomic E-state index is 0.280. The Morgan fingerprint density at radius 2 is 1.95 bits per heavy atom. The van der Waals surface area contributed by atoms with Crippen molar-refractivity contribution in [3.8, 4) is 0 Å². The number of hydrogen-bond donors (Lipinski definition) is 0. The van der Waals surface area contributed by atoms with E-state index in [0.29, 0.717) is 22.8 Å². The van der Waals surface area contributed by atoms with Crippen molar-refractivity contribution in [2.45, 2.75) is 39.5 Å². The zero-order valence-corrected chi connectivity index (χ0v) is 12.4. The number of hydrogen-bond acceptors (Lipinski definition) is 1. The van der Waals surface area contributed by atoms with Gasteiger partial charge in [-0.1, -0.05) is 25.4 Å². The van der Waals surface area contributed by atoms with Crippen molar-refractivity contribution in [2.24, 2.45) is 23.2 Å². The zero-order chi connectivity index (χ0) is 13.6. The molecule has 0 amide bonds. The van der Waals surface area contributed by atoms with Gasteiger partial charge in [-0.05, 0) is 66.7 Å². The lowest BCUT2D eigenvalue weighted by atomic mass is 9.67. The highest BCUT2D eigenvalue weighted by molar-refractivity contribution is 6.30. The molecule has 0 aromatic heterocycles. The third kappa shape index (κ3) is 2.23. The first-order valence-corrected chi connectivity index (χ1v) is 7.65. The molecule has 2 bridgehead atoms. The van der Waals surface area contributed by atoms with E-state index in [2.05, 4.69) is 13.8 Å². The van der Waals surface area contributed by atoms with Gasteiger partial charge in [-0.2, -0.15) is 0 Å². The van der Waals surface area contributed by atoms with Crippen molar-refractivity contribution in [2.75, 3.05) is 0 Å². The Balaban J connectivity index is 1.75. The van der Waals surface area contributed by atoms with Gasteiger partial charge in [-0.15, -0.1) is 0 Å². The van der Waals surface area contributed by atoms with Gasteiger partial charge in [0.1, 0.15) is 0 Å². The van der Waals surface area contributed by atoms with E-state index in [0.717, 1.165) is 17.4 Å². The molecule has 2 aliphatic carbocycles. The fraction of sp³-hybridized carbons (Fsp3) is 0.588. The van der Waals surface area contributed by atoms with E-state index in [1.807, 2.05) is 12.1 Å². The lowest BCUT2D eigenvalue weighted by Gasteiger charge is -2.38. The maximum Gasteiger partial charge on any atom is 0.163 e. The van der Waals surface area contributed by atoms with Crippen LogP contribution < -0.4 is 0 Å². The fourth-order valence-corrected chi connectivity index (χ4v) is 4.48. The van der Waals surface area contributed by atoms with Crippen LogP contribution in [0.4, 0.5) is 0 Å². The molecule has 102 valence electrons. The number of rotatable bonds is 3. The van der Waals surface area contributed by atoms with E-state index < -0.39 is 0 Å². The van der Waals surface area contributed by atoms with Gasteiger partial charge in [0.05, 0.1) is 0 Å². The van der Waals surface area contributed by atoms with E-state index in [1.54, 1.807) is 12.1 Å². The average molecular weight is 277 g/mol. The van der Waals surface area contributed by atoms with Crippen LogP contribution in [0.1, 0.15) is 49.9 Å². The molecule has 0 N–H and O–H groups in total. The van der Waals surface area contributed by atoms with Gasteiger partial charge in [0, 0.05) is 17.0 Å². The molecule has 0 unspecified atom stereocenters. The summed E-state index contributed by atoms with van der Waals surface area (Å²) in [5.41, 5.74) is 1.15. The molecule has 0 heterocycles. The number of halogens is 1. The van der Waals surface area contributed by atoms with E-state index in [-0.39, 0.29) is 5.78 Å². The maximum absolute atomic E-state index is 12.4. The van der Waals surface area contributed by atoms with Gasteiger partial charge in [0.25, 0.3) is 0 Å². The highest BCUT2D eigenvalue weighted by Crippen LogP contribution is 2.60. The van der Waals surface area contributed by atoms with Crippen LogP contribution in [0.15, 0.2) is 24.3 Å². The summed E-state index contributed by atoms with van der Waals surface area (Å²) in [6, 6.07) is 7.32. The molecule has 3 rings (SSSR count). The van der Waals surface area contributed by atoms with Gasteiger partial charge in [0.15, 0.2) is 5.78 Å². The van der Waals surface area contributed by atoms with Crippen molar-refractivity contribution >= 4 is 17.4 Å². The Morgan fingerprint density at radius 3 is 2.53 bits per heavy atom. The van der Waals surface area contributed by atoms with Gasteiger partial charge < -0.3 is 0 Å². The Morgan fingerprint density at radius 1 is 1.26 bits per heavy atom. The van der Waals surface area contributed by atoms with Crippen molar-refractivity contribution in [1.29, 1.82) is 0 Å². The third-order valence-electron chi connectivity index (χ3n) is 5.62. The highest BCUT2D eigenvalue weighted by atomic mass is 35.5. The van der Waals surface area contributed by atoms with Crippen molar-refractivity contribution < 1.29 is 4.79 Å². The number of ketones is 1. The van der Waals surface area contributed by atoms with Gasteiger partial charge >= 0.3 is 0 Å². The van der Waals surface area contributed by atoms with Crippen LogP contribution >= 0.6 is 11.6 Å². The van der Waals surface area contributed by atoms with E-state index in [1.165, 1.54) is 19.3 Å². The first-order chi connectivity index (χ1) is 8.98. The Labute approximate surface area is 120 Å². The minimum atomic E-state index is 0.280. The quantitative estimate of drug-likeness (QED) is 0.711. The van der Waals surface area contributed by atoms with Crippen LogP contribution in [-0.2, 0) is 0 Å². The minimum Gasteiger partial charge on any atom is -0.294 e. The molecule has 2 heteroatoms. The molecule has 2 aliphatic rings. The molecule has 3 atom stereocenters. The molecular formula is C17H21ClO.